The number of hydrogen-bond donors (Lipinski definition) is 3. The Kier molecular flexibility index (Phi) is 11.5. The van der Waals surface area contributed by atoms with Crippen molar-refractivity contribution in [2.75, 3.05) is 19.0 Å². The maximum Gasteiger partial charge on any atom is 0.406 e. The highest BCUT2D eigenvalue weighted by atomic mass is 35.5. The molecule has 2 heterocycles. The van der Waals surface area contributed by atoms with Gasteiger partial charge in [0.25, 0.3) is 10.7 Å². The second-order valence-electron chi connectivity index (χ2n) is 10.0. The molecule has 222 valence electrons. The van der Waals surface area contributed by atoms with Gasteiger partial charge in [0.2, 0.25) is 0 Å². The summed E-state index contributed by atoms with van der Waals surface area (Å²) in [6, 6.07) is -0.239. The summed E-state index contributed by atoms with van der Waals surface area (Å²) in [5.74, 6) is -0.654. The van der Waals surface area contributed by atoms with E-state index in [0.29, 0.717) is 4.57 Å². The smallest absolute Gasteiger partial charge is 0.406 e. The molecule has 1 aromatic heterocycles. The molecular weight excluding hydrogens is 584 g/mol. The fourth-order valence-corrected chi connectivity index (χ4v) is 5.82. The summed E-state index contributed by atoms with van der Waals surface area (Å²) in [7, 11) is -4.35. The van der Waals surface area contributed by atoms with Gasteiger partial charge < -0.3 is 14.6 Å². The van der Waals surface area contributed by atoms with E-state index in [9.17, 15) is 28.8 Å². The number of nitrogens with one attached hydrogen (secondary N) is 2. The van der Waals surface area contributed by atoms with Gasteiger partial charge in [0.05, 0.1) is 19.3 Å². The Morgan fingerprint density at radius 3 is 2.54 bits per heavy atom. The Morgan fingerprint density at radius 2 is 1.97 bits per heavy atom. The number of carbonyl (C=O) groups excluding carboxylic acids is 2. The third-order valence-electron chi connectivity index (χ3n) is 5.14. The minimum Gasteiger partial charge on any atom is -0.462 e. The van der Waals surface area contributed by atoms with Crippen molar-refractivity contribution < 1.29 is 42.2 Å². The van der Waals surface area contributed by atoms with E-state index in [1.165, 1.54) is 6.92 Å². The summed E-state index contributed by atoms with van der Waals surface area (Å²) in [5.41, 5.74) is -2.40. The van der Waals surface area contributed by atoms with Crippen LogP contribution in [0.1, 0.15) is 47.8 Å². The van der Waals surface area contributed by atoms with Crippen LogP contribution in [0.5, 0.6) is 0 Å². The van der Waals surface area contributed by atoms with Gasteiger partial charge >= 0.3 is 19.4 Å². The van der Waals surface area contributed by atoms with E-state index in [-0.39, 0.29) is 17.5 Å². The van der Waals surface area contributed by atoms with Gasteiger partial charge in [-0.2, -0.15) is 0 Å². The molecule has 13 nitrogen and oxygen atoms in total. The zero-order valence-corrected chi connectivity index (χ0v) is 24.8. The number of aliphatic hydroxyl groups is 1. The number of halogens is 2. The third kappa shape index (κ3) is 9.22. The average molecular weight is 618 g/mol. The highest BCUT2D eigenvalue weighted by Crippen LogP contribution is 2.48. The molecule has 1 aliphatic rings. The first-order valence-electron chi connectivity index (χ1n) is 11.9. The number of aromatic nitrogens is 2. The first-order valence-corrected chi connectivity index (χ1v) is 14.9. The SMILES string of the molecule is CC(C)OC(=O)[C@@H](C)NP(=O)(OCCSC(=O)C(C)(C)C)OC[C@H]1O[C@@H](n2ccc(=O)[nH]c2=O)[C@](F)(Cl)[C@@H]1O. The van der Waals surface area contributed by atoms with Crippen molar-refractivity contribution in [3.63, 3.8) is 0 Å². The van der Waals surface area contributed by atoms with Crippen LogP contribution in [0, 0.1) is 5.41 Å². The maximum absolute atomic E-state index is 15.2. The fourth-order valence-electron chi connectivity index (χ4n) is 3.13. The van der Waals surface area contributed by atoms with Crippen molar-refractivity contribution in [3.8, 4) is 0 Å². The molecule has 0 bridgehead atoms. The Labute approximate surface area is 233 Å². The summed E-state index contributed by atoms with van der Waals surface area (Å²) in [6.45, 7) is 8.83. The molecule has 0 amide bonds. The highest BCUT2D eigenvalue weighted by Gasteiger charge is 2.58. The molecule has 0 aliphatic carbocycles. The number of rotatable bonds is 12. The summed E-state index contributed by atoms with van der Waals surface area (Å²) >= 11 is 6.81. The lowest BCUT2D eigenvalue weighted by Crippen LogP contribution is -2.42. The Bertz CT molecular complexity index is 1190. The molecule has 0 aromatic carbocycles. The number of H-pyrrole nitrogens is 1. The predicted octanol–water partition coefficient (Wildman–Crippen LogP) is 2.08. The number of carbonyl (C=O) groups is 2. The van der Waals surface area contributed by atoms with Crippen molar-refractivity contribution >= 4 is 42.2 Å². The molecule has 6 atom stereocenters. The van der Waals surface area contributed by atoms with Crippen LogP contribution in [-0.4, -0.2) is 74.2 Å². The molecule has 1 aromatic rings. The lowest BCUT2D eigenvalue weighted by Gasteiger charge is -2.25. The van der Waals surface area contributed by atoms with Gasteiger partial charge in [0.1, 0.15) is 18.2 Å². The normalized spacial score (nSPS) is 25.8. The van der Waals surface area contributed by atoms with Crippen LogP contribution in [0.15, 0.2) is 21.9 Å². The van der Waals surface area contributed by atoms with E-state index >= 15 is 4.39 Å². The standard InChI is InChI=1S/C22H34ClFN3O10PS/c1-12(2)36-17(30)13(3)26-38(33,34-9-10-39-19(31)21(4,5)6)35-11-14-16(29)22(23,24)18(37-14)27-8-7-15(28)25-20(27)32/h7-8,12-14,16,18,29H,9-11H2,1-6H3,(H,26,33)(H,25,28,32)/t13-,14-,16-,18-,22+,38?/m1/s1. The Morgan fingerprint density at radius 1 is 1.33 bits per heavy atom. The minimum atomic E-state index is -4.35. The Balaban J connectivity index is 2.16. The van der Waals surface area contributed by atoms with Gasteiger partial charge in [-0.15, -0.1) is 0 Å². The lowest BCUT2D eigenvalue weighted by atomic mass is 10.00. The molecule has 1 unspecified atom stereocenters. The molecular formula is C22H34ClFN3O10PS. The lowest BCUT2D eigenvalue weighted by molar-refractivity contribution is -0.149. The van der Waals surface area contributed by atoms with Crippen LogP contribution in [0.4, 0.5) is 4.39 Å². The molecule has 0 spiro atoms. The summed E-state index contributed by atoms with van der Waals surface area (Å²) in [5, 5.41) is 9.70. The molecule has 39 heavy (non-hydrogen) atoms. The van der Waals surface area contributed by atoms with Crippen molar-refractivity contribution in [2.45, 2.75) is 77.3 Å². The highest BCUT2D eigenvalue weighted by molar-refractivity contribution is 8.13. The number of nitrogens with zero attached hydrogens (tertiary/aromatic N) is 1. The fraction of sp³-hybridized carbons (Fsp3) is 0.727. The van der Waals surface area contributed by atoms with Crippen molar-refractivity contribution in [1.29, 1.82) is 0 Å². The number of esters is 1. The minimum absolute atomic E-state index is 0.102. The molecule has 17 heteroatoms. The van der Waals surface area contributed by atoms with Crippen molar-refractivity contribution in [1.82, 2.24) is 14.6 Å². The Hall–Kier alpha value is -1.58. The first kappa shape index (κ1) is 33.6. The van der Waals surface area contributed by atoms with Crippen LogP contribution in [0.2, 0.25) is 0 Å². The predicted molar refractivity (Wildman–Crippen MR) is 141 cm³/mol. The summed E-state index contributed by atoms with van der Waals surface area (Å²) < 4.78 is 50.6. The summed E-state index contributed by atoms with van der Waals surface area (Å²) in [6.07, 6.45) is -5.02. The second-order valence-corrected chi connectivity index (χ2v) is 13.4. The molecule has 0 radical (unpaired) electrons. The average Bonchev–Trinajstić information content (AvgIpc) is 3.03. The monoisotopic (exact) mass is 617 g/mol. The zero-order chi connectivity index (χ0) is 29.8. The number of hydrogen-bond acceptors (Lipinski definition) is 11. The van der Waals surface area contributed by atoms with E-state index in [1.54, 1.807) is 34.6 Å². The number of alkyl halides is 2. The molecule has 1 aliphatic heterocycles. The van der Waals surface area contributed by atoms with Crippen LogP contribution in [0.25, 0.3) is 0 Å². The molecule has 2 rings (SSSR count). The molecule has 0 saturated carbocycles. The first-order chi connectivity index (χ1) is 17.9. The third-order valence-corrected chi connectivity index (χ3v) is 8.51. The van der Waals surface area contributed by atoms with Gasteiger partial charge in [-0.25, -0.2) is 18.8 Å². The molecule has 3 N–H and O–H groups in total. The van der Waals surface area contributed by atoms with E-state index in [4.69, 9.17) is 30.1 Å². The van der Waals surface area contributed by atoms with E-state index in [2.05, 4.69) is 5.09 Å². The number of aliphatic hydroxyl groups excluding tert-OH is 1. The van der Waals surface area contributed by atoms with Gasteiger partial charge in [0.15, 0.2) is 11.3 Å². The van der Waals surface area contributed by atoms with E-state index < -0.39 is 72.7 Å². The molecule has 1 saturated heterocycles. The van der Waals surface area contributed by atoms with Gasteiger partial charge in [-0.1, -0.05) is 44.1 Å². The van der Waals surface area contributed by atoms with Crippen LogP contribution < -0.4 is 16.3 Å². The van der Waals surface area contributed by atoms with Crippen LogP contribution in [-0.2, 0) is 32.7 Å². The second kappa shape index (κ2) is 13.4. The van der Waals surface area contributed by atoms with Gasteiger partial charge in [-0.05, 0) is 20.8 Å². The van der Waals surface area contributed by atoms with Crippen molar-refractivity contribution in [3.05, 3.63) is 33.1 Å². The zero-order valence-electron chi connectivity index (χ0n) is 22.3. The van der Waals surface area contributed by atoms with E-state index in [1.807, 2.05) is 4.98 Å². The summed E-state index contributed by atoms with van der Waals surface area (Å²) in [4.78, 5) is 49.8. The maximum atomic E-state index is 15.2. The van der Waals surface area contributed by atoms with Gasteiger partial charge in [-0.3, -0.25) is 33.0 Å². The van der Waals surface area contributed by atoms with Crippen LogP contribution in [0.3, 0.4) is 0 Å². The quantitative estimate of drug-likeness (QED) is 0.135. The topological polar surface area (TPSA) is 175 Å². The van der Waals surface area contributed by atoms with Gasteiger partial charge in [0, 0.05) is 23.4 Å². The number of ether oxygens (including phenoxy) is 2. The molecule has 1 fully saturated rings. The largest absolute Gasteiger partial charge is 0.462 e. The van der Waals surface area contributed by atoms with Crippen molar-refractivity contribution in [2.24, 2.45) is 5.41 Å². The number of thioether (sulfide) groups is 1. The van der Waals surface area contributed by atoms with E-state index in [0.717, 1.165) is 24.0 Å². The number of aromatic amines is 1. The van der Waals surface area contributed by atoms with Crippen LogP contribution >= 0.6 is 31.1 Å².